The van der Waals surface area contributed by atoms with Gasteiger partial charge in [0.1, 0.15) is 0 Å². The van der Waals surface area contributed by atoms with Crippen molar-refractivity contribution in [1.29, 1.82) is 0 Å². The van der Waals surface area contributed by atoms with E-state index in [2.05, 4.69) is 20.9 Å². The summed E-state index contributed by atoms with van der Waals surface area (Å²) in [4.78, 5) is 26.9. The van der Waals surface area contributed by atoms with Crippen LogP contribution < -0.4 is 0 Å². The van der Waals surface area contributed by atoms with Gasteiger partial charge in [0.05, 0.1) is 0 Å². The van der Waals surface area contributed by atoms with Crippen LogP contribution in [0.2, 0.25) is 0 Å². The predicted molar refractivity (Wildman–Crippen MR) is 74.5 cm³/mol. The molecule has 0 radical (unpaired) electrons. The van der Waals surface area contributed by atoms with E-state index in [-0.39, 0.29) is 17.8 Å². The fraction of sp³-hybridized carbons (Fsp3) is 0.583. The number of nitrogens with one attached hydrogen (secondary N) is 1. The van der Waals surface area contributed by atoms with E-state index in [0.29, 0.717) is 17.6 Å². The molecule has 0 aromatic carbocycles. The van der Waals surface area contributed by atoms with Crippen LogP contribution in [-0.2, 0) is 0 Å². The van der Waals surface area contributed by atoms with E-state index < -0.39 is 4.92 Å². The van der Waals surface area contributed by atoms with Crippen molar-refractivity contribution in [1.82, 2.24) is 9.88 Å². The molecule has 19 heavy (non-hydrogen) atoms. The fourth-order valence-corrected chi connectivity index (χ4v) is 2.91. The molecule has 0 saturated heterocycles. The molecule has 1 N–H and O–H groups in total. The first-order valence-corrected chi connectivity index (χ1v) is 7.46. The summed E-state index contributed by atoms with van der Waals surface area (Å²) in [5, 5.41) is 11.3. The zero-order valence-corrected chi connectivity index (χ0v) is 12.1. The van der Waals surface area contributed by atoms with Gasteiger partial charge in [-0.05, 0) is 23.8 Å². The van der Waals surface area contributed by atoms with E-state index >= 15 is 0 Å². The molecular formula is C12H16BrN3O3. The Morgan fingerprint density at radius 2 is 2.16 bits per heavy atom. The molecule has 1 aliphatic carbocycles. The lowest BCUT2D eigenvalue weighted by Crippen LogP contribution is -2.40. The van der Waals surface area contributed by atoms with Crippen molar-refractivity contribution in [2.24, 2.45) is 0 Å². The van der Waals surface area contributed by atoms with Crippen LogP contribution in [0.1, 0.15) is 36.2 Å². The Morgan fingerprint density at radius 3 is 2.68 bits per heavy atom. The number of nitro groups is 1. The van der Waals surface area contributed by atoms with Gasteiger partial charge in [-0.3, -0.25) is 4.79 Å². The number of rotatable bonds is 5. The smallest absolute Gasteiger partial charge is 0.321 e. The molecule has 0 unspecified atom stereocenters. The van der Waals surface area contributed by atoms with Crippen LogP contribution in [-0.4, -0.2) is 38.6 Å². The maximum Gasteiger partial charge on any atom is 0.321 e. The highest BCUT2D eigenvalue weighted by molar-refractivity contribution is 9.09. The van der Waals surface area contributed by atoms with Crippen LogP contribution >= 0.6 is 15.9 Å². The first-order valence-electron chi connectivity index (χ1n) is 6.34. The quantitative estimate of drug-likeness (QED) is 0.512. The highest BCUT2D eigenvalue weighted by Gasteiger charge is 2.29. The number of H-pyrrole nitrogens is 1. The van der Waals surface area contributed by atoms with E-state index in [0.717, 1.165) is 25.7 Å². The lowest BCUT2D eigenvalue weighted by Gasteiger charge is -2.27. The normalized spacial score (nSPS) is 15.6. The van der Waals surface area contributed by atoms with Gasteiger partial charge in [-0.15, -0.1) is 0 Å². The van der Waals surface area contributed by atoms with Gasteiger partial charge >= 0.3 is 5.82 Å². The third-order valence-electron chi connectivity index (χ3n) is 3.45. The Hall–Kier alpha value is -1.37. The lowest BCUT2D eigenvalue weighted by atomic mass is 10.2. The number of carbonyl (C=O) groups excluding carboxylic acids is 1. The number of aromatic nitrogens is 1. The fourth-order valence-electron chi connectivity index (χ4n) is 2.53. The number of hydrogen-bond acceptors (Lipinski definition) is 3. The van der Waals surface area contributed by atoms with Crippen LogP contribution in [0.4, 0.5) is 5.82 Å². The molecule has 7 heteroatoms. The number of amides is 1. The van der Waals surface area contributed by atoms with E-state index in [4.69, 9.17) is 0 Å². The van der Waals surface area contributed by atoms with Crippen LogP contribution in [0.15, 0.2) is 12.1 Å². The third kappa shape index (κ3) is 3.15. The van der Waals surface area contributed by atoms with Gasteiger partial charge in [0.2, 0.25) is 0 Å². The lowest BCUT2D eigenvalue weighted by molar-refractivity contribution is -0.389. The van der Waals surface area contributed by atoms with Gasteiger partial charge in [-0.1, -0.05) is 28.8 Å². The summed E-state index contributed by atoms with van der Waals surface area (Å²) in [5.41, 5.74) is 0.291. The SMILES string of the molecule is O=C(c1ccc([N+](=O)[O-])[nH]1)N(CCBr)C1CCCC1. The number of halogens is 1. The first-order chi connectivity index (χ1) is 9.13. The van der Waals surface area contributed by atoms with Crippen LogP contribution in [0.25, 0.3) is 0 Å². The molecule has 1 fully saturated rings. The van der Waals surface area contributed by atoms with Crippen molar-refractivity contribution in [2.45, 2.75) is 31.7 Å². The van der Waals surface area contributed by atoms with Crippen molar-refractivity contribution in [3.8, 4) is 0 Å². The summed E-state index contributed by atoms with van der Waals surface area (Å²) < 4.78 is 0. The number of alkyl halides is 1. The van der Waals surface area contributed by atoms with Crippen LogP contribution in [0.5, 0.6) is 0 Å². The Labute approximate surface area is 119 Å². The minimum Gasteiger partial charge on any atom is -0.358 e. The average Bonchev–Trinajstić information content (AvgIpc) is 3.05. The largest absolute Gasteiger partial charge is 0.358 e. The molecule has 1 aliphatic rings. The van der Waals surface area contributed by atoms with Gasteiger partial charge in [0.25, 0.3) is 5.91 Å². The van der Waals surface area contributed by atoms with Crippen LogP contribution in [0, 0.1) is 10.1 Å². The van der Waals surface area contributed by atoms with Crippen molar-refractivity contribution in [2.75, 3.05) is 11.9 Å². The molecule has 2 rings (SSSR count). The summed E-state index contributed by atoms with van der Waals surface area (Å²) in [6.45, 7) is 0.621. The maximum absolute atomic E-state index is 12.4. The zero-order chi connectivity index (χ0) is 13.8. The van der Waals surface area contributed by atoms with Gasteiger partial charge in [0, 0.05) is 24.0 Å². The second-order valence-corrected chi connectivity index (χ2v) is 5.43. The molecule has 1 aromatic heterocycles. The molecule has 104 valence electrons. The first kappa shape index (κ1) is 14.0. The Bertz CT molecular complexity index is 469. The summed E-state index contributed by atoms with van der Waals surface area (Å²) in [6.07, 6.45) is 4.31. The molecule has 1 amide bonds. The van der Waals surface area contributed by atoms with E-state index in [1.807, 2.05) is 4.90 Å². The van der Waals surface area contributed by atoms with Gasteiger partial charge in [-0.25, -0.2) is 4.98 Å². The van der Waals surface area contributed by atoms with Crippen molar-refractivity contribution in [3.63, 3.8) is 0 Å². The number of aromatic amines is 1. The van der Waals surface area contributed by atoms with Gasteiger partial charge in [-0.2, -0.15) is 0 Å². The van der Waals surface area contributed by atoms with E-state index in [1.165, 1.54) is 12.1 Å². The van der Waals surface area contributed by atoms with E-state index in [9.17, 15) is 14.9 Å². The molecule has 1 aromatic rings. The monoisotopic (exact) mass is 329 g/mol. The van der Waals surface area contributed by atoms with Gasteiger partial charge < -0.3 is 15.0 Å². The zero-order valence-electron chi connectivity index (χ0n) is 10.5. The minimum atomic E-state index is -0.527. The standard InChI is InChI=1S/C12H16BrN3O3/c13-7-8-15(9-3-1-2-4-9)12(17)10-5-6-11(14-10)16(18)19/h5-6,9,14H,1-4,7-8H2. The van der Waals surface area contributed by atoms with Crippen molar-refractivity contribution >= 4 is 27.7 Å². The maximum atomic E-state index is 12.4. The molecule has 6 nitrogen and oxygen atoms in total. The minimum absolute atomic E-state index is 0.145. The predicted octanol–water partition coefficient (Wildman–Crippen LogP) is 2.70. The van der Waals surface area contributed by atoms with Gasteiger partial charge in [0.15, 0.2) is 5.69 Å². The average molecular weight is 330 g/mol. The van der Waals surface area contributed by atoms with Crippen molar-refractivity contribution in [3.05, 3.63) is 27.9 Å². The topological polar surface area (TPSA) is 79.2 Å². The molecule has 1 saturated carbocycles. The molecular weight excluding hydrogens is 314 g/mol. The van der Waals surface area contributed by atoms with Crippen molar-refractivity contribution < 1.29 is 9.72 Å². The van der Waals surface area contributed by atoms with Crippen LogP contribution in [0.3, 0.4) is 0 Å². The summed E-state index contributed by atoms with van der Waals surface area (Å²) in [7, 11) is 0. The summed E-state index contributed by atoms with van der Waals surface area (Å²) in [6, 6.07) is 3.07. The molecule has 0 aliphatic heterocycles. The second-order valence-electron chi connectivity index (χ2n) is 4.64. The second kappa shape index (κ2) is 6.18. The molecule has 0 atom stereocenters. The molecule has 0 bridgehead atoms. The molecule has 0 spiro atoms. The molecule has 1 heterocycles. The Kier molecular flexibility index (Phi) is 4.57. The highest BCUT2D eigenvalue weighted by atomic mass is 79.9. The number of carbonyl (C=O) groups is 1. The third-order valence-corrected chi connectivity index (χ3v) is 3.80. The van der Waals surface area contributed by atoms with E-state index in [1.54, 1.807) is 0 Å². The summed E-state index contributed by atoms with van der Waals surface area (Å²) in [5.74, 6) is -0.298. The number of hydrogen-bond donors (Lipinski definition) is 1. The highest BCUT2D eigenvalue weighted by Crippen LogP contribution is 2.25. The Morgan fingerprint density at radius 1 is 1.47 bits per heavy atom. The summed E-state index contributed by atoms with van der Waals surface area (Å²) >= 11 is 3.35. The Balaban J connectivity index is 2.15. The number of nitrogens with zero attached hydrogens (tertiary/aromatic N) is 2.